The highest BCUT2D eigenvalue weighted by molar-refractivity contribution is 5.92. The highest BCUT2D eigenvalue weighted by Crippen LogP contribution is 2.27. The fourth-order valence-electron chi connectivity index (χ4n) is 3.29. The van der Waals surface area contributed by atoms with Crippen LogP contribution in [0.2, 0.25) is 0 Å². The Morgan fingerprint density at radius 1 is 1.22 bits per heavy atom. The van der Waals surface area contributed by atoms with Gasteiger partial charge in [-0.3, -0.25) is 0 Å². The van der Waals surface area contributed by atoms with Crippen molar-refractivity contribution >= 4 is 22.5 Å². The second kappa shape index (κ2) is 5.45. The number of anilines is 1. The van der Waals surface area contributed by atoms with E-state index in [1.54, 1.807) is 0 Å². The molecule has 0 amide bonds. The molecule has 120 valence electrons. The Balaban J connectivity index is 2.00. The molecule has 0 radical (unpaired) electrons. The first-order valence-electron chi connectivity index (χ1n) is 8.27. The maximum Gasteiger partial charge on any atom is 0.213 e. The monoisotopic (exact) mass is 310 g/mol. The van der Waals surface area contributed by atoms with E-state index >= 15 is 0 Å². The predicted molar refractivity (Wildman–Crippen MR) is 92.1 cm³/mol. The third kappa shape index (κ3) is 2.34. The molecule has 4 rings (SSSR count). The molecule has 3 aromatic rings. The van der Waals surface area contributed by atoms with E-state index in [0.717, 1.165) is 48.0 Å². The predicted octanol–water partition coefficient (Wildman–Crippen LogP) is 2.20. The van der Waals surface area contributed by atoms with E-state index in [0.29, 0.717) is 12.0 Å². The summed E-state index contributed by atoms with van der Waals surface area (Å²) in [4.78, 5) is 7.30. The van der Waals surface area contributed by atoms with Crippen molar-refractivity contribution in [1.29, 1.82) is 0 Å². The molecule has 0 spiro atoms. The van der Waals surface area contributed by atoms with Crippen LogP contribution in [-0.2, 0) is 0 Å². The van der Waals surface area contributed by atoms with Gasteiger partial charge in [0, 0.05) is 37.0 Å². The Morgan fingerprint density at radius 3 is 2.83 bits per heavy atom. The lowest BCUT2D eigenvalue weighted by atomic mass is 10.2. The summed E-state index contributed by atoms with van der Waals surface area (Å²) in [7, 11) is 0. The van der Waals surface area contributed by atoms with Gasteiger partial charge in [-0.25, -0.2) is 9.38 Å². The molecular formula is C17H22N6. The lowest BCUT2D eigenvalue weighted by Gasteiger charge is -2.33. The second-order valence-electron chi connectivity index (χ2n) is 6.60. The van der Waals surface area contributed by atoms with Gasteiger partial charge >= 0.3 is 0 Å². The molecule has 2 aromatic heterocycles. The summed E-state index contributed by atoms with van der Waals surface area (Å²) in [6.07, 6.45) is 0. The third-order valence-electron chi connectivity index (χ3n) is 4.42. The van der Waals surface area contributed by atoms with Crippen molar-refractivity contribution in [3.63, 3.8) is 0 Å². The minimum Gasteiger partial charge on any atom is -0.339 e. The van der Waals surface area contributed by atoms with Crippen LogP contribution >= 0.6 is 0 Å². The van der Waals surface area contributed by atoms with E-state index in [1.807, 2.05) is 18.2 Å². The Labute approximate surface area is 135 Å². The van der Waals surface area contributed by atoms with E-state index in [2.05, 4.69) is 51.7 Å². The van der Waals surface area contributed by atoms with E-state index in [9.17, 15) is 0 Å². The molecular weight excluding hydrogens is 288 g/mol. The van der Waals surface area contributed by atoms with E-state index < -0.39 is 0 Å². The van der Waals surface area contributed by atoms with E-state index in [1.165, 1.54) is 0 Å². The second-order valence-corrected chi connectivity index (χ2v) is 6.60. The lowest BCUT2D eigenvalue weighted by Crippen LogP contribution is -2.50. The first kappa shape index (κ1) is 14.4. The highest BCUT2D eigenvalue weighted by atomic mass is 15.4. The Morgan fingerprint density at radius 2 is 2.04 bits per heavy atom. The fourth-order valence-corrected chi connectivity index (χ4v) is 3.29. The van der Waals surface area contributed by atoms with Gasteiger partial charge in [-0.15, -0.1) is 10.2 Å². The van der Waals surface area contributed by atoms with Gasteiger partial charge in [0.2, 0.25) is 5.95 Å². The topological polar surface area (TPSA) is 58.4 Å². The van der Waals surface area contributed by atoms with Crippen LogP contribution in [0.4, 0.5) is 5.95 Å². The summed E-state index contributed by atoms with van der Waals surface area (Å²) >= 11 is 0. The van der Waals surface area contributed by atoms with Crippen molar-refractivity contribution in [3.05, 3.63) is 30.1 Å². The molecule has 6 nitrogen and oxygen atoms in total. The minimum absolute atomic E-state index is 0.298. The zero-order valence-corrected chi connectivity index (χ0v) is 13.8. The number of nitrogens with one attached hydrogen (secondary N) is 1. The number of hydrogen-bond acceptors (Lipinski definition) is 5. The summed E-state index contributed by atoms with van der Waals surface area (Å²) in [6.45, 7) is 9.36. The van der Waals surface area contributed by atoms with Gasteiger partial charge in [0.15, 0.2) is 5.65 Å². The molecule has 1 saturated heterocycles. The molecule has 0 bridgehead atoms. The number of piperazine rings is 1. The number of rotatable bonds is 2. The first-order valence-corrected chi connectivity index (χ1v) is 8.27. The molecule has 1 aliphatic rings. The quantitative estimate of drug-likeness (QED) is 0.786. The number of para-hydroxylation sites is 1. The molecule has 0 aliphatic carbocycles. The third-order valence-corrected chi connectivity index (χ3v) is 4.42. The van der Waals surface area contributed by atoms with Gasteiger partial charge in [-0.1, -0.05) is 26.0 Å². The van der Waals surface area contributed by atoms with Gasteiger partial charge < -0.3 is 10.2 Å². The summed E-state index contributed by atoms with van der Waals surface area (Å²) in [5, 5.41) is 13.5. The Hall–Kier alpha value is -2.21. The number of benzene rings is 1. The smallest absolute Gasteiger partial charge is 0.213 e. The van der Waals surface area contributed by atoms with Crippen molar-refractivity contribution in [1.82, 2.24) is 24.9 Å². The maximum atomic E-state index is 4.96. The summed E-state index contributed by atoms with van der Waals surface area (Å²) in [5.41, 5.74) is 1.88. The van der Waals surface area contributed by atoms with Crippen LogP contribution in [0.15, 0.2) is 24.3 Å². The zero-order valence-electron chi connectivity index (χ0n) is 13.8. The Bertz CT molecular complexity index is 853. The lowest BCUT2D eigenvalue weighted by molar-refractivity contribution is 0.478. The number of hydrogen-bond donors (Lipinski definition) is 1. The molecule has 1 atom stereocenters. The van der Waals surface area contributed by atoms with Crippen LogP contribution in [-0.4, -0.2) is 45.3 Å². The fraction of sp³-hybridized carbons (Fsp3) is 0.471. The molecule has 23 heavy (non-hydrogen) atoms. The average molecular weight is 310 g/mol. The molecule has 6 heteroatoms. The SMILES string of the molecule is CC1CN(c2nc3ccccc3c3nnc(C(C)C)n23)CCN1. The van der Waals surface area contributed by atoms with E-state index in [4.69, 9.17) is 4.98 Å². The standard InChI is InChI=1S/C17H22N6/c1-11(2)15-20-21-16-13-6-4-5-7-14(13)19-17(23(15)16)22-9-8-18-12(3)10-22/h4-7,11-12,18H,8-10H2,1-3H3. The van der Waals surface area contributed by atoms with Crippen molar-refractivity contribution < 1.29 is 0 Å². The largest absolute Gasteiger partial charge is 0.339 e. The maximum absolute atomic E-state index is 4.96. The van der Waals surface area contributed by atoms with Gasteiger partial charge in [0.25, 0.3) is 0 Å². The molecule has 0 saturated carbocycles. The minimum atomic E-state index is 0.298. The summed E-state index contributed by atoms with van der Waals surface area (Å²) < 4.78 is 2.14. The van der Waals surface area contributed by atoms with Gasteiger partial charge in [0.05, 0.1) is 5.52 Å². The highest BCUT2D eigenvalue weighted by Gasteiger charge is 2.23. The Kier molecular flexibility index (Phi) is 3.41. The number of aromatic nitrogens is 4. The number of fused-ring (bicyclic) bond motifs is 3. The summed E-state index contributed by atoms with van der Waals surface area (Å²) in [6, 6.07) is 8.62. The normalized spacial score (nSPS) is 19.1. The van der Waals surface area contributed by atoms with Crippen LogP contribution in [0.5, 0.6) is 0 Å². The van der Waals surface area contributed by atoms with Crippen molar-refractivity contribution in [2.45, 2.75) is 32.7 Å². The van der Waals surface area contributed by atoms with Crippen molar-refractivity contribution in [2.75, 3.05) is 24.5 Å². The van der Waals surface area contributed by atoms with Crippen LogP contribution in [0.1, 0.15) is 32.5 Å². The van der Waals surface area contributed by atoms with Crippen LogP contribution in [0, 0.1) is 0 Å². The molecule has 1 aliphatic heterocycles. The molecule has 1 fully saturated rings. The molecule has 1 N–H and O–H groups in total. The van der Waals surface area contributed by atoms with Crippen molar-refractivity contribution in [3.8, 4) is 0 Å². The molecule has 1 unspecified atom stereocenters. The molecule has 3 heterocycles. The average Bonchev–Trinajstić information content (AvgIpc) is 2.99. The first-order chi connectivity index (χ1) is 11.1. The number of nitrogens with zero attached hydrogens (tertiary/aromatic N) is 5. The van der Waals surface area contributed by atoms with E-state index in [-0.39, 0.29) is 0 Å². The van der Waals surface area contributed by atoms with Gasteiger partial charge in [0.1, 0.15) is 5.82 Å². The zero-order chi connectivity index (χ0) is 16.0. The summed E-state index contributed by atoms with van der Waals surface area (Å²) in [5.74, 6) is 2.23. The molecule has 1 aromatic carbocycles. The van der Waals surface area contributed by atoms with Gasteiger partial charge in [-0.05, 0) is 19.1 Å². The van der Waals surface area contributed by atoms with Crippen LogP contribution in [0.3, 0.4) is 0 Å². The van der Waals surface area contributed by atoms with Crippen LogP contribution in [0.25, 0.3) is 16.6 Å². The van der Waals surface area contributed by atoms with Gasteiger partial charge in [-0.2, -0.15) is 0 Å². The van der Waals surface area contributed by atoms with Crippen LogP contribution < -0.4 is 10.2 Å². The van der Waals surface area contributed by atoms with Crippen molar-refractivity contribution in [2.24, 2.45) is 0 Å².